The van der Waals surface area contributed by atoms with Gasteiger partial charge in [0.15, 0.2) is 0 Å². The minimum absolute atomic E-state index is 0.0950. The normalized spacial score (nSPS) is 15.4. The summed E-state index contributed by atoms with van der Waals surface area (Å²) in [5, 5.41) is 12.5. The number of carbonyl (C=O) groups excluding carboxylic acids is 3. The summed E-state index contributed by atoms with van der Waals surface area (Å²) in [6, 6.07) is 10.1. The van der Waals surface area contributed by atoms with E-state index in [4.69, 9.17) is 11.6 Å². The number of imide groups is 1. The Morgan fingerprint density at radius 1 is 1.29 bits per heavy atom. The zero-order valence-electron chi connectivity index (χ0n) is 14.5. The first kappa shape index (κ1) is 20.4. The highest BCUT2D eigenvalue weighted by molar-refractivity contribution is 9.10. The number of thioether (sulfide) groups is 1. The number of halogens is 2. The quantitative estimate of drug-likeness (QED) is 0.613. The molecule has 0 radical (unpaired) electrons. The average molecular weight is 482 g/mol. The fourth-order valence-corrected chi connectivity index (χ4v) is 4.12. The molecule has 0 unspecified atom stereocenters. The van der Waals surface area contributed by atoms with Gasteiger partial charge in [-0.15, -0.1) is 0 Å². The standard InChI is InChI=1S/C19H14BrClN2O4S/c1-10-2-4-13(5-3-10)22-16(24)9-23-18(26)15(28-19(23)27)7-11-6-12(21)8-14(20)17(11)25/h2-8,25H,9H2,1H3,(H,22,24)/b15-7-. The van der Waals surface area contributed by atoms with Crippen LogP contribution in [0.25, 0.3) is 6.08 Å². The molecule has 0 saturated carbocycles. The lowest BCUT2D eigenvalue weighted by atomic mass is 10.2. The van der Waals surface area contributed by atoms with Crippen LogP contribution in [0.5, 0.6) is 5.75 Å². The predicted octanol–water partition coefficient (Wildman–Crippen LogP) is 4.79. The van der Waals surface area contributed by atoms with Gasteiger partial charge in [0.25, 0.3) is 11.1 Å². The molecule has 9 heteroatoms. The van der Waals surface area contributed by atoms with Gasteiger partial charge in [-0.3, -0.25) is 19.3 Å². The van der Waals surface area contributed by atoms with Gasteiger partial charge >= 0.3 is 0 Å². The van der Waals surface area contributed by atoms with E-state index in [1.54, 1.807) is 12.1 Å². The van der Waals surface area contributed by atoms with E-state index in [-0.39, 0.29) is 16.2 Å². The first-order valence-electron chi connectivity index (χ1n) is 8.04. The molecule has 144 valence electrons. The lowest BCUT2D eigenvalue weighted by molar-refractivity contribution is -0.127. The summed E-state index contributed by atoms with van der Waals surface area (Å²) < 4.78 is 0.364. The molecule has 1 heterocycles. The lowest BCUT2D eigenvalue weighted by Gasteiger charge is -2.12. The number of nitrogens with zero attached hydrogens (tertiary/aromatic N) is 1. The van der Waals surface area contributed by atoms with Crippen LogP contribution < -0.4 is 5.32 Å². The predicted molar refractivity (Wildman–Crippen MR) is 113 cm³/mol. The second kappa shape index (κ2) is 8.38. The molecule has 0 atom stereocenters. The second-order valence-electron chi connectivity index (χ2n) is 6.01. The molecule has 0 aliphatic carbocycles. The van der Waals surface area contributed by atoms with Gasteiger partial charge < -0.3 is 10.4 Å². The van der Waals surface area contributed by atoms with Gasteiger partial charge in [-0.2, -0.15) is 0 Å². The van der Waals surface area contributed by atoms with Crippen LogP contribution >= 0.6 is 39.3 Å². The molecule has 2 aromatic rings. The Balaban J connectivity index is 1.74. The third kappa shape index (κ3) is 4.57. The van der Waals surface area contributed by atoms with Crippen molar-refractivity contribution in [2.75, 3.05) is 11.9 Å². The van der Waals surface area contributed by atoms with E-state index in [1.807, 2.05) is 19.1 Å². The lowest BCUT2D eigenvalue weighted by Crippen LogP contribution is -2.36. The van der Waals surface area contributed by atoms with Crippen molar-refractivity contribution in [3.63, 3.8) is 0 Å². The van der Waals surface area contributed by atoms with E-state index in [2.05, 4.69) is 21.2 Å². The molecule has 1 aliphatic rings. The highest BCUT2D eigenvalue weighted by atomic mass is 79.9. The van der Waals surface area contributed by atoms with Gasteiger partial charge in [0.2, 0.25) is 5.91 Å². The SMILES string of the molecule is Cc1ccc(NC(=O)CN2C(=O)S/C(=C\c3cc(Cl)cc(Br)c3O)C2=O)cc1. The molecular weight excluding hydrogens is 468 g/mol. The molecule has 1 saturated heterocycles. The van der Waals surface area contributed by atoms with Crippen LogP contribution in [-0.2, 0) is 9.59 Å². The van der Waals surface area contributed by atoms with Gasteiger partial charge in [-0.25, -0.2) is 0 Å². The van der Waals surface area contributed by atoms with Crippen LogP contribution in [0.1, 0.15) is 11.1 Å². The van der Waals surface area contributed by atoms with Crippen molar-refractivity contribution in [3.8, 4) is 5.75 Å². The van der Waals surface area contributed by atoms with E-state index in [9.17, 15) is 19.5 Å². The number of phenolic OH excluding ortho intramolecular Hbond substituents is 1. The van der Waals surface area contributed by atoms with Gasteiger partial charge in [0, 0.05) is 16.3 Å². The molecule has 3 rings (SSSR count). The van der Waals surface area contributed by atoms with Crippen molar-refractivity contribution in [1.82, 2.24) is 4.90 Å². The Labute approximate surface area is 178 Å². The first-order valence-corrected chi connectivity index (χ1v) is 10.0. The summed E-state index contributed by atoms with van der Waals surface area (Å²) in [4.78, 5) is 37.9. The summed E-state index contributed by atoms with van der Waals surface area (Å²) in [5.74, 6) is -1.20. The number of nitrogens with one attached hydrogen (secondary N) is 1. The molecule has 0 spiro atoms. The van der Waals surface area contributed by atoms with Crippen molar-refractivity contribution in [1.29, 1.82) is 0 Å². The Morgan fingerprint density at radius 2 is 1.96 bits per heavy atom. The molecular formula is C19H14BrClN2O4S. The number of hydrogen-bond donors (Lipinski definition) is 2. The minimum Gasteiger partial charge on any atom is -0.506 e. The zero-order valence-corrected chi connectivity index (χ0v) is 17.7. The number of anilines is 1. The van der Waals surface area contributed by atoms with E-state index < -0.39 is 23.6 Å². The molecule has 2 aromatic carbocycles. The number of carbonyl (C=O) groups is 3. The first-order chi connectivity index (χ1) is 13.2. The monoisotopic (exact) mass is 480 g/mol. The number of hydrogen-bond acceptors (Lipinski definition) is 5. The van der Waals surface area contributed by atoms with Crippen molar-refractivity contribution >= 4 is 68.1 Å². The molecule has 0 bridgehead atoms. The molecule has 2 N–H and O–H groups in total. The molecule has 0 aromatic heterocycles. The summed E-state index contributed by atoms with van der Waals surface area (Å²) in [6.07, 6.45) is 1.37. The summed E-state index contributed by atoms with van der Waals surface area (Å²) in [7, 11) is 0. The number of rotatable bonds is 4. The topological polar surface area (TPSA) is 86.7 Å². The number of phenols is 1. The van der Waals surface area contributed by atoms with Crippen LogP contribution in [0.2, 0.25) is 5.02 Å². The fraction of sp³-hybridized carbons (Fsp3) is 0.105. The average Bonchev–Trinajstić information content (AvgIpc) is 2.88. The number of benzene rings is 2. The van der Waals surface area contributed by atoms with Gasteiger partial charge in [0.1, 0.15) is 12.3 Å². The van der Waals surface area contributed by atoms with E-state index in [0.29, 0.717) is 26.9 Å². The van der Waals surface area contributed by atoms with Crippen LogP contribution in [0.3, 0.4) is 0 Å². The maximum Gasteiger partial charge on any atom is 0.294 e. The van der Waals surface area contributed by atoms with Crippen LogP contribution in [-0.4, -0.2) is 33.6 Å². The Morgan fingerprint density at radius 3 is 2.64 bits per heavy atom. The smallest absolute Gasteiger partial charge is 0.294 e. The van der Waals surface area contributed by atoms with Crippen LogP contribution in [0, 0.1) is 6.92 Å². The summed E-state index contributed by atoms with van der Waals surface area (Å²) >= 11 is 9.83. The van der Waals surface area contributed by atoms with E-state index >= 15 is 0 Å². The van der Waals surface area contributed by atoms with Crippen LogP contribution in [0.4, 0.5) is 10.5 Å². The van der Waals surface area contributed by atoms with Crippen LogP contribution in [0.15, 0.2) is 45.8 Å². The third-order valence-corrected chi connectivity index (χ3v) is 5.58. The van der Waals surface area contributed by atoms with E-state index in [1.165, 1.54) is 18.2 Å². The van der Waals surface area contributed by atoms with E-state index in [0.717, 1.165) is 10.5 Å². The fourth-order valence-electron chi connectivity index (χ4n) is 2.45. The number of amides is 3. The van der Waals surface area contributed by atoms with Gasteiger partial charge in [-0.05, 0) is 65.0 Å². The maximum atomic E-state index is 12.5. The van der Waals surface area contributed by atoms with Crippen molar-refractivity contribution in [2.24, 2.45) is 0 Å². The number of aryl methyl sites for hydroxylation is 1. The Bertz CT molecular complexity index is 1010. The molecule has 3 amide bonds. The summed E-state index contributed by atoms with van der Waals surface area (Å²) in [6.45, 7) is 1.52. The molecule has 6 nitrogen and oxygen atoms in total. The van der Waals surface area contributed by atoms with Crippen molar-refractivity contribution in [2.45, 2.75) is 6.92 Å². The highest BCUT2D eigenvalue weighted by Crippen LogP contribution is 2.37. The molecule has 28 heavy (non-hydrogen) atoms. The van der Waals surface area contributed by atoms with Gasteiger partial charge in [-0.1, -0.05) is 29.3 Å². The Kier molecular flexibility index (Phi) is 6.12. The Hall–Kier alpha value is -2.29. The largest absolute Gasteiger partial charge is 0.506 e. The number of aromatic hydroxyl groups is 1. The summed E-state index contributed by atoms with van der Waals surface area (Å²) in [5.41, 5.74) is 1.91. The minimum atomic E-state index is -0.607. The van der Waals surface area contributed by atoms with Crippen molar-refractivity contribution in [3.05, 3.63) is 61.9 Å². The third-order valence-electron chi connectivity index (χ3n) is 3.85. The molecule has 1 aliphatic heterocycles. The zero-order chi connectivity index (χ0) is 20.4. The highest BCUT2D eigenvalue weighted by Gasteiger charge is 2.36. The maximum absolute atomic E-state index is 12.5. The van der Waals surface area contributed by atoms with Crippen molar-refractivity contribution < 1.29 is 19.5 Å². The molecule has 1 fully saturated rings. The second-order valence-corrected chi connectivity index (χ2v) is 8.29. The van der Waals surface area contributed by atoms with Gasteiger partial charge in [0.05, 0.1) is 9.38 Å².